The molecule has 14 heavy (non-hydrogen) atoms. The fourth-order valence-electron chi connectivity index (χ4n) is 0.558. The van der Waals surface area contributed by atoms with Gasteiger partial charge in [-0.2, -0.15) is 0 Å². The van der Waals surface area contributed by atoms with Crippen LogP contribution in [-0.4, -0.2) is 39.6 Å². The van der Waals surface area contributed by atoms with Crippen LogP contribution in [0.25, 0.3) is 0 Å². The van der Waals surface area contributed by atoms with Crippen molar-refractivity contribution in [3.63, 3.8) is 0 Å². The van der Waals surface area contributed by atoms with Crippen molar-refractivity contribution in [3.8, 4) is 0 Å². The Morgan fingerprint density at radius 3 is 2.21 bits per heavy atom. The Hall–Kier alpha value is -1.19. The van der Waals surface area contributed by atoms with Crippen LogP contribution in [0.1, 0.15) is 0 Å². The second-order valence-electron chi connectivity index (χ2n) is 2.40. The molecule has 0 radical (unpaired) electrons. The van der Waals surface area contributed by atoms with Crippen molar-refractivity contribution >= 4 is 21.8 Å². The third-order valence-corrected chi connectivity index (χ3v) is 1.84. The number of hydrogen-bond acceptors (Lipinski definition) is 5. The molecule has 0 spiro atoms. The molecule has 2 amide bonds. The van der Waals surface area contributed by atoms with Crippen molar-refractivity contribution in [2.45, 2.75) is 0 Å². The van der Waals surface area contributed by atoms with Gasteiger partial charge in [-0.05, 0) is 0 Å². The van der Waals surface area contributed by atoms with Crippen molar-refractivity contribution in [1.82, 2.24) is 15.5 Å². The maximum Gasteiger partial charge on any atom is 0.323 e. The van der Waals surface area contributed by atoms with Crippen molar-refractivity contribution in [2.75, 3.05) is 19.3 Å². The molecule has 0 aromatic carbocycles. The van der Waals surface area contributed by atoms with Crippen molar-refractivity contribution < 1.29 is 18.0 Å². The number of sulfonamides is 1. The Balaban J connectivity index is 3.66. The molecule has 0 saturated carbocycles. The third kappa shape index (κ3) is 6.34. The summed E-state index contributed by atoms with van der Waals surface area (Å²) < 4.78 is 23.2. The first kappa shape index (κ1) is 12.8. The molecule has 0 bridgehead atoms. The van der Waals surface area contributed by atoms with Crippen LogP contribution in [0.4, 0.5) is 0 Å². The zero-order valence-corrected chi connectivity index (χ0v) is 8.35. The van der Waals surface area contributed by atoms with Crippen LogP contribution < -0.4 is 21.3 Å². The molecule has 0 aromatic rings. The zero-order valence-electron chi connectivity index (χ0n) is 7.53. The lowest BCUT2D eigenvalue weighted by atomic mass is 10.5. The first-order valence-corrected chi connectivity index (χ1v) is 5.49. The minimum Gasteiger partial charge on any atom is -0.346 e. The number of hydrazine groups is 1. The average Bonchev–Trinajstić information content (AvgIpc) is 2.09. The number of amides is 2. The molecule has 5 N–H and O–H groups in total. The van der Waals surface area contributed by atoms with Gasteiger partial charge in [0.25, 0.3) is 0 Å². The standard InChI is InChI=1S/C5H12N4O4S/c1-14(12,13)8-3-2-7-4(10)5(11)9-6/h8H,2-3,6H2,1H3,(H,7,10)(H,9,11). The lowest BCUT2D eigenvalue weighted by molar-refractivity contribution is -0.139. The van der Waals surface area contributed by atoms with Crippen molar-refractivity contribution in [2.24, 2.45) is 5.84 Å². The highest BCUT2D eigenvalue weighted by molar-refractivity contribution is 7.88. The van der Waals surface area contributed by atoms with Crippen LogP contribution in [0.15, 0.2) is 0 Å². The largest absolute Gasteiger partial charge is 0.346 e. The molecule has 9 heteroatoms. The highest BCUT2D eigenvalue weighted by atomic mass is 32.2. The van der Waals surface area contributed by atoms with Gasteiger partial charge in [0.05, 0.1) is 6.26 Å². The second-order valence-corrected chi connectivity index (χ2v) is 4.23. The monoisotopic (exact) mass is 224 g/mol. The summed E-state index contributed by atoms with van der Waals surface area (Å²) in [4.78, 5) is 21.2. The molecule has 0 heterocycles. The Morgan fingerprint density at radius 1 is 1.21 bits per heavy atom. The Bertz CT molecular complexity index is 312. The van der Waals surface area contributed by atoms with Crippen molar-refractivity contribution in [1.29, 1.82) is 0 Å². The Labute approximate surface area is 81.2 Å². The first-order chi connectivity index (χ1) is 6.37. The topological polar surface area (TPSA) is 130 Å². The molecule has 0 unspecified atom stereocenters. The molecular formula is C5H12N4O4S. The predicted molar refractivity (Wildman–Crippen MR) is 48.2 cm³/mol. The summed E-state index contributed by atoms with van der Waals surface area (Å²) in [6.07, 6.45) is 0.988. The highest BCUT2D eigenvalue weighted by Gasteiger charge is 2.10. The Kier molecular flexibility index (Phi) is 5.05. The van der Waals surface area contributed by atoms with Gasteiger partial charge in [-0.25, -0.2) is 19.0 Å². The molecule has 0 rings (SSSR count). The number of carbonyl (C=O) groups is 2. The van der Waals surface area contributed by atoms with E-state index in [0.29, 0.717) is 0 Å². The summed E-state index contributed by atoms with van der Waals surface area (Å²) in [5, 5.41) is 2.15. The van der Waals surface area contributed by atoms with E-state index < -0.39 is 21.8 Å². The molecule has 0 aliphatic rings. The van der Waals surface area contributed by atoms with Gasteiger partial charge in [-0.15, -0.1) is 0 Å². The molecule has 8 nitrogen and oxygen atoms in total. The average molecular weight is 224 g/mol. The smallest absolute Gasteiger partial charge is 0.323 e. The van der Waals surface area contributed by atoms with Crippen LogP contribution in [0, 0.1) is 0 Å². The van der Waals surface area contributed by atoms with Crippen LogP contribution >= 0.6 is 0 Å². The van der Waals surface area contributed by atoms with E-state index in [2.05, 4.69) is 15.9 Å². The van der Waals surface area contributed by atoms with Gasteiger partial charge in [-0.1, -0.05) is 0 Å². The molecule has 0 saturated heterocycles. The van der Waals surface area contributed by atoms with Gasteiger partial charge < -0.3 is 5.32 Å². The van der Waals surface area contributed by atoms with E-state index >= 15 is 0 Å². The maximum absolute atomic E-state index is 10.7. The summed E-state index contributed by atoms with van der Waals surface area (Å²) in [7, 11) is -3.27. The van der Waals surface area contributed by atoms with Gasteiger partial charge in [0.2, 0.25) is 10.0 Å². The van der Waals surface area contributed by atoms with E-state index in [0.717, 1.165) is 6.26 Å². The fraction of sp³-hybridized carbons (Fsp3) is 0.600. The molecule has 0 aromatic heterocycles. The van der Waals surface area contributed by atoms with Crippen LogP contribution in [0.5, 0.6) is 0 Å². The van der Waals surface area contributed by atoms with Gasteiger partial charge in [-0.3, -0.25) is 15.0 Å². The second kappa shape index (κ2) is 5.52. The summed E-state index contributed by atoms with van der Waals surface area (Å²) in [6.45, 7) is 0.0295. The first-order valence-electron chi connectivity index (χ1n) is 3.60. The lowest BCUT2D eigenvalue weighted by Crippen LogP contribution is -2.45. The predicted octanol–water partition coefficient (Wildman–Crippen LogP) is -3.36. The molecule has 0 aliphatic heterocycles. The number of hydrogen-bond donors (Lipinski definition) is 4. The van der Waals surface area contributed by atoms with E-state index in [9.17, 15) is 18.0 Å². The van der Waals surface area contributed by atoms with Crippen LogP contribution in [-0.2, 0) is 19.6 Å². The van der Waals surface area contributed by atoms with Crippen molar-refractivity contribution in [3.05, 3.63) is 0 Å². The SMILES string of the molecule is CS(=O)(=O)NCCNC(=O)C(=O)NN. The number of nitrogens with one attached hydrogen (secondary N) is 3. The van der Waals surface area contributed by atoms with Crippen LogP contribution in [0.2, 0.25) is 0 Å². The minimum atomic E-state index is -3.27. The molecular weight excluding hydrogens is 212 g/mol. The molecule has 0 atom stereocenters. The third-order valence-electron chi connectivity index (χ3n) is 1.11. The quantitative estimate of drug-likeness (QED) is 0.130. The number of carbonyl (C=O) groups excluding carboxylic acids is 2. The highest BCUT2D eigenvalue weighted by Crippen LogP contribution is 1.71. The fourth-order valence-corrected chi connectivity index (χ4v) is 1.03. The normalized spacial score (nSPS) is 10.7. The maximum atomic E-state index is 10.7. The van der Waals surface area contributed by atoms with E-state index in [-0.39, 0.29) is 13.1 Å². The molecule has 0 aliphatic carbocycles. The minimum absolute atomic E-state index is 0.0132. The summed E-state index contributed by atoms with van der Waals surface area (Å²) in [5.74, 6) is 2.78. The van der Waals surface area contributed by atoms with E-state index in [4.69, 9.17) is 0 Å². The van der Waals surface area contributed by atoms with E-state index in [1.54, 1.807) is 5.43 Å². The lowest BCUT2D eigenvalue weighted by Gasteiger charge is -2.03. The van der Waals surface area contributed by atoms with Gasteiger partial charge in [0.15, 0.2) is 0 Å². The number of rotatable bonds is 4. The van der Waals surface area contributed by atoms with Gasteiger partial charge in [0, 0.05) is 13.1 Å². The van der Waals surface area contributed by atoms with Gasteiger partial charge in [0.1, 0.15) is 0 Å². The summed E-state index contributed by atoms with van der Waals surface area (Å²) >= 11 is 0. The summed E-state index contributed by atoms with van der Waals surface area (Å²) in [5.41, 5.74) is 1.63. The Morgan fingerprint density at radius 2 is 1.79 bits per heavy atom. The zero-order chi connectivity index (χ0) is 11.2. The molecule has 0 fully saturated rings. The number of nitrogens with two attached hydrogens (primary N) is 1. The summed E-state index contributed by atoms with van der Waals surface area (Å²) in [6, 6.07) is 0. The molecule has 82 valence electrons. The van der Waals surface area contributed by atoms with Gasteiger partial charge >= 0.3 is 11.8 Å². The van der Waals surface area contributed by atoms with E-state index in [1.807, 2.05) is 0 Å². The van der Waals surface area contributed by atoms with E-state index in [1.165, 1.54) is 0 Å². The van der Waals surface area contributed by atoms with Crippen LogP contribution in [0.3, 0.4) is 0 Å².